The Morgan fingerprint density at radius 1 is 1.29 bits per heavy atom. The zero-order valence-corrected chi connectivity index (χ0v) is 13.4. The van der Waals surface area contributed by atoms with Crippen molar-refractivity contribution in [2.75, 3.05) is 20.1 Å². The molecule has 0 saturated carbocycles. The van der Waals surface area contributed by atoms with Gasteiger partial charge in [0.2, 0.25) is 0 Å². The van der Waals surface area contributed by atoms with Gasteiger partial charge in [-0.2, -0.15) is 0 Å². The minimum absolute atomic E-state index is 0.188. The van der Waals surface area contributed by atoms with E-state index < -0.39 is 6.43 Å². The number of rotatable bonds is 8. The summed E-state index contributed by atoms with van der Waals surface area (Å²) in [6.45, 7) is 4.30. The maximum absolute atomic E-state index is 12.5. The van der Waals surface area contributed by atoms with E-state index in [1.165, 1.54) is 20.5 Å². The third-order valence-electron chi connectivity index (χ3n) is 3.37. The third-order valence-corrected chi connectivity index (χ3v) is 4.59. The standard InChI is InChI=1S/C16H22F2N2S/c1-3-8-19-9-15-13(10-20(2)11-16(17)18)12-6-4-5-7-14(12)21-15/h4-7,16,19H,3,8-11H2,1-2H3. The van der Waals surface area contributed by atoms with Gasteiger partial charge in [0, 0.05) is 22.7 Å². The number of fused-ring (bicyclic) bond motifs is 1. The van der Waals surface area contributed by atoms with Crippen molar-refractivity contribution in [2.45, 2.75) is 32.9 Å². The molecule has 2 rings (SSSR count). The van der Waals surface area contributed by atoms with Crippen LogP contribution in [0.5, 0.6) is 0 Å². The van der Waals surface area contributed by atoms with Gasteiger partial charge < -0.3 is 5.32 Å². The van der Waals surface area contributed by atoms with Crippen LogP contribution in [0, 0.1) is 0 Å². The number of nitrogens with one attached hydrogen (secondary N) is 1. The lowest BCUT2D eigenvalue weighted by Gasteiger charge is -2.17. The Labute approximate surface area is 128 Å². The predicted molar refractivity (Wildman–Crippen MR) is 86.2 cm³/mol. The molecule has 1 aromatic carbocycles. The molecule has 21 heavy (non-hydrogen) atoms. The number of alkyl halides is 2. The van der Waals surface area contributed by atoms with Gasteiger partial charge in [-0.15, -0.1) is 11.3 Å². The first-order chi connectivity index (χ1) is 10.1. The number of nitrogens with zero attached hydrogens (tertiary/aromatic N) is 1. The van der Waals surface area contributed by atoms with Crippen LogP contribution in [-0.2, 0) is 13.1 Å². The second-order valence-corrected chi connectivity index (χ2v) is 6.40. The Morgan fingerprint density at radius 2 is 2.05 bits per heavy atom. The number of thiophene rings is 1. The van der Waals surface area contributed by atoms with E-state index in [1.54, 1.807) is 23.3 Å². The molecule has 0 aliphatic heterocycles. The van der Waals surface area contributed by atoms with E-state index in [1.807, 2.05) is 12.1 Å². The Bertz CT molecular complexity index is 568. The van der Waals surface area contributed by atoms with Gasteiger partial charge in [-0.25, -0.2) is 8.78 Å². The topological polar surface area (TPSA) is 15.3 Å². The molecule has 0 saturated heterocycles. The lowest BCUT2D eigenvalue weighted by Crippen LogP contribution is -2.25. The summed E-state index contributed by atoms with van der Waals surface area (Å²) >= 11 is 1.76. The summed E-state index contributed by atoms with van der Waals surface area (Å²) in [6, 6.07) is 8.21. The van der Waals surface area contributed by atoms with E-state index in [2.05, 4.69) is 24.4 Å². The van der Waals surface area contributed by atoms with Gasteiger partial charge >= 0.3 is 0 Å². The highest BCUT2D eigenvalue weighted by molar-refractivity contribution is 7.19. The van der Waals surface area contributed by atoms with Crippen LogP contribution in [0.25, 0.3) is 10.1 Å². The van der Waals surface area contributed by atoms with Gasteiger partial charge in [0.25, 0.3) is 6.43 Å². The molecule has 0 fully saturated rings. The Balaban J connectivity index is 2.22. The van der Waals surface area contributed by atoms with E-state index in [0.29, 0.717) is 6.54 Å². The minimum atomic E-state index is -2.29. The van der Waals surface area contributed by atoms with E-state index >= 15 is 0 Å². The van der Waals surface area contributed by atoms with E-state index in [4.69, 9.17) is 0 Å². The maximum Gasteiger partial charge on any atom is 0.251 e. The maximum atomic E-state index is 12.5. The number of benzene rings is 1. The van der Waals surface area contributed by atoms with Crippen molar-refractivity contribution in [3.63, 3.8) is 0 Å². The monoisotopic (exact) mass is 312 g/mol. The molecular formula is C16H22F2N2S. The molecular weight excluding hydrogens is 290 g/mol. The number of hydrogen-bond acceptors (Lipinski definition) is 3. The van der Waals surface area contributed by atoms with Crippen LogP contribution in [-0.4, -0.2) is 31.5 Å². The summed E-state index contributed by atoms with van der Waals surface area (Å²) in [5.41, 5.74) is 1.18. The molecule has 2 nitrogen and oxygen atoms in total. The van der Waals surface area contributed by atoms with Gasteiger partial charge in [-0.05, 0) is 37.0 Å². The fraction of sp³-hybridized carbons (Fsp3) is 0.500. The molecule has 116 valence electrons. The highest BCUT2D eigenvalue weighted by Crippen LogP contribution is 2.32. The van der Waals surface area contributed by atoms with Gasteiger partial charge in [0.05, 0.1) is 6.54 Å². The molecule has 0 unspecified atom stereocenters. The Hall–Kier alpha value is -1.04. The zero-order valence-electron chi connectivity index (χ0n) is 12.5. The predicted octanol–water partition coefficient (Wildman–Crippen LogP) is 4.10. The van der Waals surface area contributed by atoms with Crippen LogP contribution in [0.4, 0.5) is 8.78 Å². The van der Waals surface area contributed by atoms with Crippen molar-refractivity contribution in [2.24, 2.45) is 0 Å². The molecule has 1 aromatic heterocycles. The Morgan fingerprint density at radius 3 is 2.76 bits per heavy atom. The minimum Gasteiger partial charge on any atom is -0.312 e. The lowest BCUT2D eigenvalue weighted by molar-refractivity contribution is 0.0976. The summed E-state index contributed by atoms with van der Waals surface area (Å²) in [7, 11) is 1.75. The van der Waals surface area contributed by atoms with Crippen molar-refractivity contribution in [1.82, 2.24) is 10.2 Å². The second kappa shape index (κ2) is 7.82. The summed E-state index contributed by atoms with van der Waals surface area (Å²) in [5, 5.41) is 4.60. The molecule has 0 bridgehead atoms. The number of halogens is 2. The fourth-order valence-corrected chi connectivity index (χ4v) is 3.60. The van der Waals surface area contributed by atoms with E-state index in [9.17, 15) is 8.78 Å². The summed E-state index contributed by atoms with van der Waals surface area (Å²) < 4.78 is 26.3. The molecule has 1 heterocycles. The molecule has 0 amide bonds. The van der Waals surface area contributed by atoms with E-state index in [-0.39, 0.29) is 6.54 Å². The van der Waals surface area contributed by atoms with Crippen molar-refractivity contribution in [1.29, 1.82) is 0 Å². The molecule has 2 aromatic rings. The Kier molecular flexibility index (Phi) is 6.08. The van der Waals surface area contributed by atoms with Crippen molar-refractivity contribution < 1.29 is 8.78 Å². The number of hydrogen-bond donors (Lipinski definition) is 1. The molecule has 1 N–H and O–H groups in total. The van der Waals surface area contributed by atoms with Crippen molar-refractivity contribution >= 4 is 21.4 Å². The molecule has 5 heteroatoms. The largest absolute Gasteiger partial charge is 0.312 e. The highest BCUT2D eigenvalue weighted by atomic mass is 32.1. The average molecular weight is 312 g/mol. The smallest absolute Gasteiger partial charge is 0.251 e. The van der Waals surface area contributed by atoms with Crippen LogP contribution in [0.2, 0.25) is 0 Å². The molecule has 0 aliphatic rings. The average Bonchev–Trinajstić information content (AvgIpc) is 2.77. The van der Waals surface area contributed by atoms with Crippen molar-refractivity contribution in [3.05, 3.63) is 34.7 Å². The summed E-state index contributed by atoms with van der Waals surface area (Å²) in [6.07, 6.45) is -1.20. The third kappa shape index (κ3) is 4.46. The van der Waals surface area contributed by atoms with E-state index in [0.717, 1.165) is 19.5 Å². The van der Waals surface area contributed by atoms with Crippen LogP contribution in [0.3, 0.4) is 0 Å². The summed E-state index contributed by atoms with van der Waals surface area (Å²) in [5.74, 6) is 0. The lowest BCUT2D eigenvalue weighted by atomic mass is 10.1. The highest BCUT2D eigenvalue weighted by Gasteiger charge is 2.15. The molecule has 0 radical (unpaired) electrons. The normalized spacial score (nSPS) is 11.9. The van der Waals surface area contributed by atoms with Crippen LogP contribution in [0.15, 0.2) is 24.3 Å². The van der Waals surface area contributed by atoms with Crippen LogP contribution >= 0.6 is 11.3 Å². The first-order valence-corrected chi connectivity index (χ1v) is 8.10. The molecule has 0 atom stereocenters. The van der Waals surface area contributed by atoms with Crippen LogP contribution < -0.4 is 5.32 Å². The van der Waals surface area contributed by atoms with Crippen LogP contribution in [0.1, 0.15) is 23.8 Å². The van der Waals surface area contributed by atoms with Gasteiger partial charge in [-0.3, -0.25) is 4.90 Å². The van der Waals surface area contributed by atoms with Gasteiger partial charge in [0.15, 0.2) is 0 Å². The SMILES string of the molecule is CCCNCc1sc2ccccc2c1CN(C)CC(F)F. The molecule has 0 spiro atoms. The first-order valence-electron chi connectivity index (χ1n) is 7.28. The second-order valence-electron chi connectivity index (χ2n) is 5.26. The first kappa shape index (κ1) is 16.3. The summed E-state index contributed by atoms with van der Waals surface area (Å²) in [4.78, 5) is 2.95. The zero-order chi connectivity index (χ0) is 15.2. The van der Waals surface area contributed by atoms with Gasteiger partial charge in [0.1, 0.15) is 0 Å². The van der Waals surface area contributed by atoms with Gasteiger partial charge in [-0.1, -0.05) is 25.1 Å². The fourth-order valence-electron chi connectivity index (χ4n) is 2.41. The van der Waals surface area contributed by atoms with Crippen molar-refractivity contribution in [3.8, 4) is 0 Å². The molecule has 0 aliphatic carbocycles. The quantitative estimate of drug-likeness (QED) is 0.738.